The predicted molar refractivity (Wildman–Crippen MR) is 123 cm³/mol. The van der Waals surface area contributed by atoms with E-state index in [4.69, 9.17) is 10.2 Å². The van der Waals surface area contributed by atoms with Gasteiger partial charge < -0.3 is 25.3 Å². The summed E-state index contributed by atoms with van der Waals surface area (Å²) < 4.78 is 5.93. The number of nitrogens with zero attached hydrogens (tertiary/aromatic N) is 2. The molecule has 0 saturated carbocycles. The third-order valence-corrected chi connectivity index (χ3v) is 6.31. The first-order valence-corrected chi connectivity index (χ1v) is 11.0. The summed E-state index contributed by atoms with van der Waals surface area (Å²) in [6.07, 6.45) is 2.06. The maximum atomic E-state index is 13.1. The summed E-state index contributed by atoms with van der Waals surface area (Å²) in [5, 5.41) is 2.86. The number of amides is 2. The van der Waals surface area contributed by atoms with Crippen molar-refractivity contribution in [1.82, 2.24) is 9.80 Å². The lowest BCUT2D eigenvalue weighted by Crippen LogP contribution is -2.41. The Labute approximate surface area is 186 Å². The van der Waals surface area contributed by atoms with Crippen LogP contribution in [0.1, 0.15) is 33.8 Å². The fourth-order valence-corrected chi connectivity index (χ4v) is 4.50. The number of nitrogen functional groups attached to an aromatic ring is 1. The summed E-state index contributed by atoms with van der Waals surface area (Å²) in [6, 6.07) is 18.1. The summed E-state index contributed by atoms with van der Waals surface area (Å²) >= 11 is 0. The van der Waals surface area contributed by atoms with Crippen molar-refractivity contribution >= 4 is 23.2 Å². The van der Waals surface area contributed by atoms with Crippen molar-refractivity contribution in [2.24, 2.45) is 0 Å². The number of fused-ring (bicyclic) bond motifs is 4. The van der Waals surface area contributed by atoms with Crippen LogP contribution in [0, 0.1) is 0 Å². The number of nitrogens with one attached hydrogen (secondary N) is 1. The number of furan rings is 1. The minimum atomic E-state index is -0.223. The zero-order valence-corrected chi connectivity index (χ0v) is 17.8. The molecule has 0 radical (unpaired) electrons. The summed E-state index contributed by atoms with van der Waals surface area (Å²) in [5.41, 5.74) is 8.30. The van der Waals surface area contributed by atoms with E-state index >= 15 is 0 Å². The van der Waals surface area contributed by atoms with Crippen molar-refractivity contribution in [3.05, 3.63) is 72.0 Å². The SMILES string of the molecule is Nc1cccc(C(=O)Nc2ccc(-c3ccc(C(=O)N4CCN5CCC4CC5)o3)cc2)c1. The van der Waals surface area contributed by atoms with Crippen molar-refractivity contribution in [2.45, 2.75) is 18.9 Å². The smallest absolute Gasteiger partial charge is 0.289 e. The number of carbonyl (C=O) groups excluding carboxylic acids is 2. The molecular formula is C25H26N4O3. The molecule has 2 aromatic carbocycles. The van der Waals surface area contributed by atoms with E-state index in [9.17, 15) is 9.59 Å². The Morgan fingerprint density at radius 2 is 1.72 bits per heavy atom. The molecule has 2 bridgehead atoms. The first-order chi connectivity index (χ1) is 15.6. The lowest BCUT2D eigenvalue weighted by atomic mass is 10.1. The van der Waals surface area contributed by atoms with E-state index in [0.717, 1.165) is 44.6 Å². The van der Waals surface area contributed by atoms with Crippen molar-refractivity contribution in [3.8, 4) is 11.3 Å². The van der Waals surface area contributed by atoms with Gasteiger partial charge >= 0.3 is 0 Å². The van der Waals surface area contributed by atoms with Crippen molar-refractivity contribution in [2.75, 3.05) is 37.2 Å². The number of piperidine rings is 1. The van der Waals surface area contributed by atoms with Crippen LogP contribution in [-0.2, 0) is 0 Å². The van der Waals surface area contributed by atoms with Gasteiger partial charge in [-0.05, 0) is 67.4 Å². The normalized spacial score (nSPS) is 20.1. The van der Waals surface area contributed by atoms with Crippen molar-refractivity contribution < 1.29 is 14.0 Å². The highest BCUT2D eigenvalue weighted by atomic mass is 16.4. The van der Waals surface area contributed by atoms with Crippen LogP contribution in [0.5, 0.6) is 0 Å². The quantitative estimate of drug-likeness (QED) is 0.616. The summed E-state index contributed by atoms with van der Waals surface area (Å²) in [6.45, 7) is 3.82. The summed E-state index contributed by atoms with van der Waals surface area (Å²) in [7, 11) is 0. The molecule has 4 heterocycles. The van der Waals surface area contributed by atoms with E-state index in [1.807, 2.05) is 35.2 Å². The number of nitrogens with two attached hydrogens (primary N) is 1. The van der Waals surface area contributed by atoms with Gasteiger partial charge in [-0.3, -0.25) is 9.59 Å². The largest absolute Gasteiger partial charge is 0.451 e. The standard InChI is InChI=1S/C25H26N4O3/c26-19-3-1-2-18(16-19)24(30)27-20-6-4-17(5-7-20)22-8-9-23(32-22)25(31)29-15-14-28-12-10-21(29)11-13-28/h1-9,16,21H,10-15,26H2,(H,27,30). The summed E-state index contributed by atoms with van der Waals surface area (Å²) in [5.74, 6) is 0.749. The topological polar surface area (TPSA) is 91.8 Å². The van der Waals surface area contributed by atoms with E-state index in [2.05, 4.69) is 10.2 Å². The predicted octanol–water partition coefficient (Wildman–Crippen LogP) is 3.70. The van der Waals surface area contributed by atoms with Crippen molar-refractivity contribution in [1.29, 1.82) is 0 Å². The zero-order chi connectivity index (χ0) is 22.1. The van der Waals surface area contributed by atoms with Gasteiger partial charge in [0.05, 0.1) is 0 Å². The fourth-order valence-electron chi connectivity index (χ4n) is 4.50. The lowest BCUT2D eigenvalue weighted by molar-refractivity contribution is 0.0653. The van der Waals surface area contributed by atoms with Crippen molar-refractivity contribution in [3.63, 3.8) is 0 Å². The van der Waals surface area contributed by atoms with Gasteiger partial charge in [0.2, 0.25) is 0 Å². The fraction of sp³-hybridized carbons (Fsp3) is 0.280. The third kappa shape index (κ3) is 4.11. The number of hydrogen-bond donors (Lipinski definition) is 2. The van der Waals surface area contributed by atoms with Gasteiger partial charge in [0.25, 0.3) is 11.8 Å². The first-order valence-electron chi connectivity index (χ1n) is 11.0. The molecule has 32 heavy (non-hydrogen) atoms. The monoisotopic (exact) mass is 430 g/mol. The molecule has 7 nitrogen and oxygen atoms in total. The van der Waals surface area contributed by atoms with Crippen LogP contribution in [0.2, 0.25) is 0 Å². The molecular weight excluding hydrogens is 404 g/mol. The van der Waals surface area contributed by atoms with Gasteiger partial charge in [0.15, 0.2) is 5.76 Å². The Morgan fingerprint density at radius 1 is 0.938 bits per heavy atom. The van der Waals surface area contributed by atoms with Gasteiger partial charge in [-0.1, -0.05) is 6.07 Å². The molecule has 0 atom stereocenters. The van der Waals surface area contributed by atoms with Crippen LogP contribution in [0.4, 0.5) is 11.4 Å². The second-order valence-electron chi connectivity index (χ2n) is 8.39. The van der Waals surface area contributed by atoms with Crippen LogP contribution in [0.15, 0.2) is 65.1 Å². The second-order valence-corrected chi connectivity index (χ2v) is 8.39. The van der Waals surface area contributed by atoms with Gasteiger partial charge in [0, 0.05) is 54.7 Å². The molecule has 1 aromatic heterocycles. The van der Waals surface area contributed by atoms with E-state index in [1.54, 1.807) is 30.3 Å². The molecule has 7 heteroatoms. The van der Waals surface area contributed by atoms with Crippen LogP contribution >= 0.6 is 0 Å². The maximum absolute atomic E-state index is 13.1. The molecule has 3 N–H and O–H groups in total. The molecule has 3 aromatic rings. The maximum Gasteiger partial charge on any atom is 0.289 e. The number of carbonyl (C=O) groups is 2. The van der Waals surface area contributed by atoms with Gasteiger partial charge in [-0.25, -0.2) is 0 Å². The Hall–Kier alpha value is -3.58. The van der Waals surface area contributed by atoms with E-state index in [0.29, 0.717) is 34.5 Å². The van der Waals surface area contributed by atoms with Gasteiger partial charge in [-0.2, -0.15) is 0 Å². The molecule has 0 unspecified atom stereocenters. The molecule has 3 aliphatic heterocycles. The van der Waals surface area contributed by atoms with E-state index < -0.39 is 0 Å². The number of anilines is 2. The number of benzene rings is 2. The minimum Gasteiger partial charge on any atom is -0.451 e. The summed E-state index contributed by atoms with van der Waals surface area (Å²) in [4.78, 5) is 29.9. The molecule has 2 amide bonds. The second kappa shape index (κ2) is 8.51. The van der Waals surface area contributed by atoms with Crippen LogP contribution < -0.4 is 11.1 Å². The van der Waals surface area contributed by atoms with E-state index in [-0.39, 0.29) is 11.8 Å². The molecule has 164 valence electrons. The van der Waals surface area contributed by atoms with Crippen LogP contribution in [0.3, 0.4) is 0 Å². The highest BCUT2D eigenvalue weighted by Crippen LogP contribution is 2.27. The highest BCUT2D eigenvalue weighted by Gasteiger charge is 2.33. The zero-order valence-electron chi connectivity index (χ0n) is 17.8. The molecule has 0 aliphatic carbocycles. The van der Waals surface area contributed by atoms with E-state index in [1.165, 1.54) is 0 Å². The molecule has 3 saturated heterocycles. The molecule has 6 rings (SSSR count). The Morgan fingerprint density at radius 3 is 2.47 bits per heavy atom. The Bertz CT molecular complexity index is 1130. The molecule has 0 spiro atoms. The minimum absolute atomic E-state index is 0.0315. The Balaban J connectivity index is 1.27. The average molecular weight is 431 g/mol. The van der Waals surface area contributed by atoms with Crippen LogP contribution in [0.25, 0.3) is 11.3 Å². The third-order valence-electron chi connectivity index (χ3n) is 6.31. The first kappa shape index (κ1) is 20.3. The van der Waals surface area contributed by atoms with Crippen LogP contribution in [-0.4, -0.2) is 53.8 Å². The molecule has 3 fully saturated rings. The average Bonchev–Trinajstić information content (AvgIpc) is 3.12. The Kier molecular flexibility index (Phi) is 5.41. The lowest BCUT2D eigenvalue weighted by Gasteiger charge is -2.30. The highest BCUT2D eigenvalue weighted by molar-refractivity contribution is 6.04. The molecule has 3 aliphatic rings. The number of hydrogen-bond acceptors (Lipinski definition) is 5. The van der Waals surface area contributed by atoms with Gasteiger partial charge in [0.1, 0.15) is 5.76 Å². The van der Waals surface area contributed by atoms with Gasteiger partial charge in [-0.15, -0.1) is 0 Å². The number of rotatable bonds is 4.